The Balaban J connectivity index is 1.74. The van der Waals surface area contributed by atoms with Gasteiger partial charge in [0.05, 0.1) is 31.2 Å². The molecule has 0 aliphatic rings. The number of H-pyrrole nitrogens is 1. The van der Waals surface area contributed by atoms with Gasteiger partial charge in [-0.3, -0.25) is 9.69 Å². The Morgan fingerprint density at radius 3 is 2.74 bits per heavy atom. The number of aromatic amines is 1. The fraction of sp³-hybridized carbons (Fsp3) is 0.333. The molecule has 27 heavy (non-hydrogen) atoms. The maximum Gasteiger partial charge on any atom is 0.258 e. The SMILES string of the molecule is CCOCc1cc(CN(C)Cc2nc3ccccc3c(=O)[nH]2)ccc1OC. The van der Waals surface area contributed by atoms with Gasteiger partial charge < -0.3 is 14.5 Å². The normalized spacial score (nSPS) is 11.3. The monoisotopic (exact) mass is 367 g/mol. The highest BCUT2D eigenvalue weighted by atomic mass is 16.5. The van der Waals surface area contributed by atoms with Crippen molar-refractivity contribution in [1.82, 2.24) is 14.9 Å². The Morgan fingerprint density at radius 2 is 1.96 bits per heavy atom. The zero-order valence-electron chi connectivity index (χ0n) is 16.0. The minimum absolute atomic E-state index is 0.104. The lowest BCUT2D eigenvalue weighted by Crippen LogP contribution is -2.22. The molecule has 0 amide bonds. The summed E-state index contributed by atoms with van der Waals surface area (Å²) in [5.41, 5.74) is 2.79. The Bertz CT molecular complexity index is 968. The van der Waals surface area contributed by atoms with Crippen LogP contribution in [0, 0.1) is 0 Å². The van der Waals surface area contributed by atoms with Crippen LogP contribution in [0.3, 0.4) is 0 Å². The largest absolute Gasteiger partial charge is 0.496 e. The zero-order chi connectivity index (χ0) is 19.2. The molecule has 0 bridgehead atoms. The molecular formula is C21H25N3O3. The number of nitrogens with one attached hydrogen (secondary N) is 1. The fourth-order valence-corrected chi connectivity index (χ4v) is 3.09. The molecule has 1 aromatic heterocycles. The van der Waals surface area contributed by atoms with Crippen molar-refractivity contribution in [3.05, 3.63) is 69.8 Å². The summed E-state index contributed by atoms with van der Waals surface area (Å²) < 4.78 is 10.9. The molecule has 0 saturated carbocycles. The molecule has 0 atom stereocenters. The number of para-hydroxylation sites is 1. The van der Waals surface area contributed by atoms with E-state index in [4.69, 9.17) is 9.47 Å². The summed E-state index contributed by atoms with van der Waals surface area (Å²) in [7, 11) is 3.67. The molecule has 6 nitrogen and oxygen atoms in total. The smallest absolute Gasteiger partial charge is 0.258 e. The Kier molecular flexibility index (Phi) is 6.21. The summed E-state index contributed by atoms with van der Waals surface area (Å²) >= 11 is 0. The highest BCUT2D eigenvalue weighted by molar-refractivity contribution is 5.77. The maximum atomic E-state index is 12.2. The predicted molar refractivity (Wildman–Crippen MR) is 106 cm³/mol. The average molecular weight is 367 g/mol. The molecule has 0 saturated heterocycles. The van der Waals surface area contributed by atoms with Gasteiger partial charge in [-0.2, -0.15) is 0 Å². The first-order valence-electron chi connectivity index (χ1n) is 9.00. The summed E-state index contributed by atoms with van der Waals surface area (Å²) in [4.78, 5) is 21.8. The summed E-state index contributed by atoms with van der Waals surface area (Å²) in [5.74, 6) is 1.49. The molecule has 1 heterocycles. The van der Waals surface area contributed by atoms with Crippen LogP contribution in [-0.4, -0.2) is 35.6 Å². The van der Waals surface area contributed by atoms with Crippen molar-refractivity contribution in [2.75, 3.05) is 20.8 Å². The van der Waals surface area contributed by atoms with E-state index >= 15 is 0 Å². The first-order valence-corrected chi connectivity index (χ1v) is 9.00. The van der Waals surface area contributed by atoms with Crippen LogP contribution in [0.2, 0.25) is 0 Å². The lowest BCUT2D eigenvalue weighted by molar-refractivity contribution is 0.132. The molecule has 2 aromatic carbocycles. The first kappa shape index (κ1) is 19.1. The van der Waals surface area contributed by atoms with Crippen molar-refractivity contribution < 1.29 is 9.47 Å². The van der Waals surface area contributed by atoms with Crippen molar-refractivity contribution in [2.24, 2.45) is 0 Å². The minimum Gasteiger partial charge on any atom is -0.496 e. The molecule has 6 heteroatoms. The Morgan fingerprint density at radius 1 is 1.15 bits per heavy atom. The number of aromatic nitrogens is 2. The van der Waals surface area contributed by atoms with Gasteiger partial charge in [0.1, 0.15) is 11.6 Å². The van der Waals surface area contributed by atoms with Crippen LogP contribution in [-0.2, 0) is 24.4 Å². The van der Waals surface area contributed by atoms with Crippen molar-refractivity contribution in [3.8, 4) is 5.75 Å². The van der Waals surface area contributed by atoms with Crippen LogP contribution in [0.5, 0.6) is 5.75 Å². The molecule has 0 spiro atoms. The summed E-state index contributed by atoms with van der Waals surface area (Å²) in [5, 5.41) is 0.611. The van der Waals surface area contributed by atoms with Crippen LogP contribution in [0.25, 0.3) is 10.9 Å². The Hall–Kier alpha value is -2.70. The van der Waals surface area contributed by atoms with Crippen LogP contribution in [0.15, 0.2) is 47.3 Å². The third kappa shape index (κ3) is 4.72. The van der Waals surface area contributed by atoms with E-state index in [1.54, 1.807) is 13.2 Å². The third-order valence-electron chi connectivity index (χ3n) is 4.34. The molecule has 142 valence electrons. The number of benzene rings is 2. The lowest BCUT2D eigenvalue weighted by Gasteiger charge is -2.18. The van der Waals surface area contributed by atoms with Gasteiger partial charge >= 0.3 is 0 Å². The van der Waals surface area contributed by atoms with E-state index < -0.39 is 0 Å². The number of ether oxygens (including phenoxy) is 2. The fourth-order valence-electron chi connectivity index (χ4n) is 3.09. The van der Waals surface area contributed by atoms with E-state index in [1.807, 2.05) is 44.3 Å². The molecule has 3 aromatic rings. The van der Waals surface area contributed by atoms with Crippen molar-refractivity contribution in [3.63, 3.8) is 0 Å². The van der Waals surface area contributed by atoms with E-state index in [1.165, 1.54) is 0 Å². The van der Waals surface area contributed by atoms with Crippen molar-refractivity contribution in [2.45, 2.75) is 26.6 Å². The highest BCUT2D eigenvalue weighted by Crippen LogP contribution is 2.21. The van der Waals surface area contributed by atoms with E-state index in [0.29, 0.717) is 36.5 Å². The lowest BCUT2D eigenvalue weighted by atomic mass is 10.1. The molecule has 0 fully saturated rings. The quantitative estimate of drug-likeness (QED) is 0.663. The second-order valence-electron chi connectivity index (χ2n) is 6.49. The molecule has 1 N–H and O–H groups in total. The number of methoxy groups -OCH3 is 1. The molecule has 0 aliphatic heterocycles. The van der Waals surface area contributed by atoms with E-state index in [0.717, 1.165) is 23.4 Å². The molecule has 0 unspecified atom stereocenters. The van der Waals surface area contributed by atoms with Gasteiger partial charge in [-0.25, -0.2) is 4.98 Å². The zero-order valence-corrected chi connectivity index (χ0v) is 16.0. The van der Waals surface area contributed by atoms with Crippen LogP contribution >= 0.6 is 0 Å². The second kappa shape index (κ2) is 8.79. The molecule has 0 aliphatic carbocycles. The number of rotatable bonds is 8. The van der Waals surface area contributed by atoms with Crippen molar-refractivity contribution >= 4 is 10.9 Å². The van der Waals surface area contributed by atoms with Gasteiger partial charge in [0.25, 0.3) is 5.56 Å². The number of hydrogen-bond acceptors (Lipinski definition) is 5. The molecule has 3 rings (SSSR count). The average Bonchev–Trinajstić information content (AvgIpc) is 2.66. The van der Waals surface area contributed by atoms with Gasteiger partial charge in [-0.1, -0.05) is 18.2 Å². The van der Waals surface area contributed by atoms with Gasteiger partial charge in [0, 0.05) is 18.7 Å². The van der Waals surface area contributed by atoms with Gasteiger partial charge in [0.2, 0.25) is 0 Å². The first-order chi connectivity index (χ1) is 13.1. The Labute approximate surface area is 158 Å². The second-order valence-corrected chi connectivity index (χ2v) is 6.49. The highest BCUT2D eigenvalue weighted by Gasteiger charge is 2.09. The summed E-state index contributed by atoms with van der Waals surface area (Å²) in [6.45, 7) is 4.43. The third-order valence-corrected chi connectivity index (χ3v) is 4.34. The predicted octanol–water partition coefficient (Wildman–Crippen LogP) is 3.10. The van der Waals surface area contributed by atoms with Crippen LogP contribution in [0.4, 0.5) is 0 Å². The van der Waals surface area contributed by atoms with Crippen LogP contribution in [0.1, 0.15) is 23.9 Å². The number of fused-ring (bicyclic) bond motifs is 1. The van der Waals surface area contributed by atoms with Crippen molar-refractivity contribution in [1.29, 1.82) is 0 Å². The minimum atomic E-state index is -0.104. The maximum absolute atomic E-state index is 12.2. The molecule has 0 radical (unpaired) electrons. The van der Waals surface area contributed by atoms with Gasteiger partial charge in [-0.05, 0) is 43.8 Å². The van der Waals surface area contributed by atoms with Gasteiger partial charge in [-0.15, -0.1) is 0 Å². The van der Waals surface area contributed by atoms with E-state index in [-0.39, 0.29) is 5.56 Å². The standard InChI is InChI=1S/C21H25N3O3/c1-4-27-14-16-11-15(9-10-19(16)26-3)12-24(2)13-20-22-18-8-6-5-7-17(18)21(25)23-20/h5-11H,4,12-14H2,1-3H3,(H,22,23,25). The summed E-state index contributed by atoms with van der Waals surface area (Å²) in [6, 6.07) is 13.5. The summed E-state index contributed by atoms with van der Waals surface area (Å²) in [6.07, 6.45) is 0. The van der Waals surface area contributed by atoms with E-state index in [2.05, 4.69) is 20.9 Å². The van der Waals surface area contributed by atoms with Gasteiger partial charge in [0.15, 0.2) is 0 Å². The molecular weight excluding hydrogens is 342 g/mol. The topological polar surface area (TPSA) is 67.5 Å². The number of nitrogens with zero attached hydrogens (tertiary/aromatic N) is 2. The number of hydrogen-bond donors (Lipinski definition) is 1. The van der Waals surface area contributed by atoms with E-state index in [9.17, 15) is 4.79 Å². The van der Waals surface area contributed by atoms with Crippen LogP contribution < -0.4 is 10.3 Å².